The van der Waals surface area contributed by atoms with E-state index >= 15 is 0 Å². The second-order valence-corrected chi connectivity index (χ2v) is 7.30. The number of nitrogens with one attached hydrogen (secondary N) is 2. The number of hydrogen-bond donors (Lipinski definition) is 2. The van der Waals surface area contributed by atoms with Crippen molar-refractivity contribution in [1.29, 1.82) is 0 Å². The summed E-state index contributed by atoms with van der Waals surface area (Å²) < 4.78 is 0. The molecule has 0 amide bonds. The zero-order valence-corrected chi connectivity index (χ0v) is 18.4. The molecule has 1 saturated carbocycles. The van der Waals surface area contributed by atoms with Gasteiger partial charge in [-0.05, 0) is 39.7 Å². The lowest BCUT2D eigenvalue weighted by molar-refractivity contribution is 0.242. The molecular weight excluding hydrogens is 413 g/mol. The molecule has 0 aromatic heterocycles. The summed E-state index contributed by atoms with van der Waals surface area (Å²) in [6.07, 6.45) is 8.09. The summed E-state index contributed by atoms with van der Waals surface area (Å²) in [6.45, 7) is 8.94. The van der Waals surface area contributed by atoms with Crippen molar-refractivity contribution < 1.29 is 0 Å². The minimum Gasteiger partial charge on any atom is -0.355 e. The standard InChI is InChI=1S/C18H37N5.HI/c1-5-15(2)22(4)13-11-20-18(19-3)21-16-10-12-23(14-16)17-8-6-7-9-17;/h15-17H,5-14H2,1-4H3,(H2,19,20,21);1H. The van der Waals surface area contributed by atoms with Crippen molar-refractivity contribution in [1.82, 2.24) is 20.4 Å². The highest BCUT2D eigenvalue weighted by atomic mass is 127. The molecule has 2 unspecified atom stereocenters. The Morgan fingerprint density at radius 1 is 1.29 bits per heavy atom. The van der Waals surface area contributed by atoms with Gasteiger partial charge in [0.25, 0.3) is 0 Å². The summed E-state index contributed by atoms with van der Waals surface area (Å²) in [7, 11) is 4.07. The number of guanidine groups is 1. The normalized spacial score (nSPS) is 24.2. The number of likely N-dealkylation sites (N-methyl/N-ethyl adjacent to an activating group) is 1. The van der Waals surface area contributed by atoms with Crippen molar-refractivity contribution >= 4 is 29.9 Å². The molecule has 142 valence electrons. The summed E-state index contributed by atoms with van der Waals surface area (Å²) in [5.74, 6) is 0.959. The van der Waals surface area contributed by atoms with Crippen LogP contribution in [0.4, 0.5) is 0 Å². The molecule has 5 nitrogen and oxygen atoms in total. The van der Waals surface area contributed by atoms with Crippen molar-refractivity contribution in [2.24, 2.45) is 4.99 Å². The van der Waals surface area contributed by atoms with E-state index in [-0.39, 0.29) is 24.0 Å². The monoisotopic (exact) mass is 451 g/mol. The third-order valence-corrected chi connectivity index (χ3v) is 5.73. The Morgan fingerprint density at radius 2 is 2.00 bits per heavy atom. The molecule has 2 aliphatic rings. The van der Waals surface area contributed by atoms with Crippen molar-refractivity contribution in [3.8, 4) is 0 Å². The lowest BCUT2D eigenvalue weighted by atomic mass is 10.2. The maximum absolute atomic E-state index is 4.39. The van der Waals surface area contributed by atoms with Gasteiger partial charge in [-0.15, -0.1) is 24.0 Å². The summed E-state index contributed by atoms with van der Waals surface area (Å²) in [5.41, 5.74) is 0. The third-order valence-electron chi connectivity index (χ3n) is 5.73. The van der Waals surface area contributed by atoms with Gasteiger partial charge in [0.05, 0.1) is 0 Å². The molecule has 1 heterocycles. The van der Waals surface area contributed by atoms with E-state index in [1.54, 1.807) is 0 Å². The van der Waals surface area contributed by atoms with E-state index < -0.39 is 0 Å². The van der Waals surface area contributed by atoms with Crippen LogP contribution in [0, 0.1) is 0 Å². The topological polar surface area (TPSA) is 42.9 Å². The van der Waals surface area contributed by atoms with Gasteiger partial charge in [-0.25, -0.2) is 0 Å². The molecule has 1 aliphatic heterocycles. The lowest BCUT2D eigenvalue weighted by Gasteiger charge is -2.25. The number of likely N-dealkylation sites (tertiary alicyclic amines) is 1. The number of nitrogens with zero attached hydrogens (tertiary/aromatic N) is 3. The second-order valence-electron chi connectivity index (χ2n) is 7.30. The average Bonchev–Trinajstić information content (AvgIpc) is 3.23. The summed E-state index contributed by atoms with van der Waals surface area (Å²) in [6, 6.07) is 2.04. The van der Waals surface area contributed by atoms with Crippen LogP contribution >= 0.6 is 24.0 Å². The van der Waals surface area contributed by atoms with Crippen molar-refractivity contribution in [2.75, 3.05) is 40.3 Å². The minimum absolute atomic E-state index is 0. The summed E-state index contributed by atoms with van der Waals surface area (Å²) >= 11 is 0. The lowest BCUT2D eigenvalue weighted by Crippen LogP contribution is -2.47. The van der Waals surface area contributed by atoms with Crippen LogP contribution in [0.3, 0.4) is 0 Å². The molecule has 0 radical (unpaired) electrons. The molecule has 6 heteroatoms. The molecular formula is C18H38IN5. The maximum Gasteiger partial charge on any atom is 0.191 e. The average molecular weight is 451 g/mol. The molecule has 2 rings (SSSR count). The molecule has 2 atom stereocenters. The highest BCUT2D eigenvalue weighted by Gasteiger charge is 2.30. The Morgan fingerprint density at radius 3 is 2.62 bits per heavy atom. The predicted octanol–water partition coefficient (Wildman–Crippen LogP) is 2.52. The van der Waals surface area contributed by atoms with Crippen LogP contribution < -0.4 is 10.6 Å². The van der Waals surface area contributed by atoms with Crippen LogP contribution in [-0.4, -0.2) is 74.2 Å². The van der Waals surface area contributed by atoms with Crippen LogP contribution in [-0.2, 0) is 0 Å². The Labute approximate surface area is 166 Å². The van der Waals surface area contributed by atoms with E-state index in [2.05, 4.69) is 46.3 Å². The second kappa shape index (κ2) is 11.5. The summed E-state index contributed by atoms with van der Waals surface area (Å²) in [4.78, 5) is 9.48. The SMILES string of the molecule is CCC(C)N(C)CCNC(=NC)NC1CCN(C2CCCC2)C1.I. The van der Waals surface area contributed by atoms with Gasteiger partial charge in [-0.2, -0.15) is 0 Å². The first-order valence-corrected chi connectivity index (χ1v) is 9.55. The maximum atomic E-state index is 4.39. The quantitative estimate of drug-likeness (QED) is 0.355. The van der Waals surface area contributed by atoms with Gasteiger partial charge in [-0.1, -0.05) is 19.8 Å². The number of halogens is 1. The van der Waals surface area contributed by atoms with Crippen LogP contribution in [0.25, 0.3) is 0 Å². The number of hydrogen-bond acceptors (Lipinski definition) is 3. The molecule has 2 N–H and O–H groups in total. The van der Waals surface area contributed by atoms with Crippen LogP contribution in [0.15, 0.2) is 4.99 Å². The van der Waals surface area contributed by atoms with Gasteiger partial charge in [0, 0.05) is 51.4 Å². The predicted molar refractivity (Wildman–Crippen MR) is 115 cm³/mol. The van der Waals surface area contributed by atoms with Crippen LogP contribution in [0.1, 0.15) is 52.4 Å². The Hall–Kier alpha value is -0.0800. The molecule has 2 fully saturated rings. The number of rotatable bonds is 7. The highest BCUT2D eigenvalue weighted by Crippen LogP contribution is 2.26. The zero-order chi connectivity index (χ0) is 16.7. The first-order valence-electron chi connectivity index (χ1n) is 9.55. The zero-order valence-electron chi connectivity index (χ0n) is 16.1. The number of aliphatic imine (C=N–C) groups is 1. The van der Waals surface area contributed by atoms with E-state index in [9.17, 15) is 0 Å². The first-order chi connectivity index (χ1) is 11.1. The van der Waals surface area contributed by atoms with Gasteiger partial charge in [0.2, 0.25) is 0 Å². The molecule has 1 aliphatic carbocycles. The van der Waals surface area contributed by atoms with Gasteiger partial charge >= 0.3 is 0 Å². The van der Waals surface area contributed by atoms with Gasteiger partial charge in [-0.3, -0.25) is 9.89 Å². The fourth-order valence-electron chi connectivity index (χ4n) is 3.78. The van der Waals surface area contributed by atoms with Crippen molar-refractivity contribution in [3.63, 3.8) is 0 Å². The Balaban J connectivity index is 0.00000288. The van der Waals surface area contributed by atoms with Crippen LogP contribution in [0.5, 0.6) is 0 Å². The molecule has 24 heavy (non-hydrogen) atoms. The van der Waals surface area contributed by atoms with E-state index in [0.717, 1.165) is 25.1 Å². The molecule has 0 spiro atoms. The fraction of sp³-hybridized carbons (Fsp3) is 0.944. The molecule has 0 aromatic rings. The van der Waals surface area contributed by atoms with Crippen molar-refractivity contribution in [3.05, 3.63) is 0 Å². The first kappa shape index (κ1) is 22.0. The van der Waals surface area contributed by atoms with Gasteiger partial charge in [0.1, 0.15) is 0 Å². The highest BCUT2D eigenvalue weighted by molar-refractivity contribution is 14.0. The Kier molecular flexibility index (Phi) is 10.5. The minimum atomic E-state index is 0. The van der Waals surface area contributed by atoms with Gasteiger partial charge < -0.3 is 15.5 Å². The molecule has 0 aromatic carbocycles. The largest absolute Gasteiger partial charge is 0.355 e. The molecule has 0 bridgehead atoms. The molecule has 1 saturated heterocycles. The van der Waals surface area contributed by atoms with Crippen molar-refractivity contribution in [2.45, 2.75) is 70.5 Å². The van der Waals surface area contributed by atoms with E-state index in [4.69, 9.17) is 0 Å². The fourth-order valence-corrected chi connectivity index (χ4v) is 3.78. The van der Waals surface area contributed by atoms with E-state index in [0.29, 0.717) is 12.1 Å². The van der Waals surface area contributed by atoms with E-state index in [1.165, 1.54) is 51.6 Å². The van der Waals surface area contributed by atoms with Crippen LogP contribution in [0.2, 0.25) is 0 Å². The summed E-state index contributed by atoms with van der Waals surface area (Å²) in [5, 5.41) is 7.08. The smallest absolute Gasteiger partial charge is 0.191 e. The van der Waals surface area contributed by atoms with E-state index in [1.807, 2.05) is 7.05 Å². The Bertz CT molecular complexity index is 370. The third kappa shape index (κ3) is 6.67. The van der Waals surface area contributed by atoms with Gasteiger partial charge in [0.15, 0.2) is 5.96 Å².